The summed E-state index contributed by atoms with van der Waals surface area (Å²) in [6.45, 7) is 9.48. The van der Waals surface area contributed by atoms with E-state index in [0.717, 1.165) is 24.9 Å². The van der Waals surface area contributed by atoms with Crippen molar-refractivity contribution in [1.82, 2.24) is 15.1 Å². The average molecular weight is 247 g/mol. The van der Waals surface area contributed by atoms with Gasteiger partial charge in [0, 0.05) is 32.7 Å². The Kier molecular flexibility index (Phi) is 3.83. The van der Waals surface area contributed by atoms with E-state index in [4.69, 9.17) is 0 Å². The van der Waals surface area contributed by atoms with Crippen molar-refractivity contribution in [3.8, 4) is 0 Å². The summed E-state index contributed by atoms with van der Waals surface area (Å²) in [4.78, 5) is 5.36. The van der Waals surface area contributed by atoms with E-state index in [9.17, 15) is 0 Å². The number of hydrogen-bond donors (Lipinski definition) is 1. The highest BCUT2D eigenvalue weighted by Gasteiger charge is 2.36. The maximum atomic E-state index is 3.56. The van der Waals surface area contributed by atoms with Crippen LogP contribution in [0.4, 0.5) is 0 Å². The van der Waals surface area contributed by atoms with E-state index in [1.807, 2.05) is 0 Å². The molecule has 0 aromatic heterocycles. The van der Waals surface area contributed by atoms with Gasteiger partial charge in [0.25, 0.3) is 0 Å². The summed E-state index contributed by atoms with van der Waals surface area (Å²) in [6, 6.07) is 0. The van der Waals surface area contributed by atoms with Crippen molar-refractivity contribution in [3.63, 3.8) is 0 Å². The van der Waals surface area contributed by atoms with Crippen LogP contribution in [0.5, 0.6) is 0 Å². The Morgan fingerprint density at radius 1 is 1.17 bits per heavy atom. The van der Waals surface area contributed by atoms with E-state index in [1.165, 1.54) is 32.6 Å². The molecule has 0 aromatic rings. The Morgan fingerprint density at radius 3 is 2.56 bits per heavy atom. The second-order valence-electron chi connectivity index (χ2n) is 5.77. The third-order valence-corrected chi connectivity index (χ3v) is 4.52. The van der Waals surface area contributed by atoms with Crippen LogP contribution >= 0.6 is 0 Å². The Bertz CT molecular complexity index is 315. The molecule has 2 aliphatic heterocycles. The second kappa shape index (κ2) is 5.55. The van der Waals surface area contributed by atoms with Gasteiger partial charge in [-0.05, 0) is 24.8 Å². The highest BCUT2D eigenvalue weighted by atomic mass is 15.4. The molecule has 3 aliphatic rings. The number of allylic oxidation sites excluding steroid dienone is 2. The lowest BCUT2D eigenvalue weighted by Crippen LogP contribution is -2.58. The molecule has 18 heavy (non-hydrogen) atoms. The van der Waals surface area contributed by atoms with Crippen LogP contribution in [0.3, 0.4) is 0 Å². The first-order chi connectivity index (χ1) is 8.88. The monoisotopic (exact) mass is 247 g/mol. The smallest absolute Gasteiger partial charge is 0.0751 e. The lowest BCUT2D eigenvalue weighted by Gasteiger charge is -2.41. The zero-order valence-corrected chi connectivity index (χ0v) is 11.4. The Morgan fingerprint density at radius 2 is 1.89 bits per heavy atom. The standard InChI is InChI=1S/C15H25N3/c1-2-8-17-9-7-16-10-15(17)18-11-13-5-3-4-6-14(13)12-18/h3-6,13-16H,2,7-12H2,1H3. The summed E-state index contributed by atoms with van der Waals surface area (Å²) in [5.41, 5.74) is 0. The lowest BCUT2D eigenvalue weighted by molar-refractivity contribution is 0.0370. The number of nitrogens with zero attached hydrogens (tertiary/aromatic N) is 2. The SMILES string of the molecule is CCCN1CCNCC1N1CC2C=CC=CC2C1. The molecule has 0 spiro atoms. The molecule has 3 unspecified atom stereocenters. The quantitative estimate of drug-likeness (QED) is 0.811. The summed E-state index contributed by atoms with van der Waals surface area (Å²) in [5.74, 6) is 1.50. The maximum absolute atomic E-state index is 3.56. The highest BCUT2D eigenvalue weighted by molar-refractivity contribution is 5.17. The summed E-state index contributed by atoms with van der Waals surface area (Å²) in [6.07, 6.45) is 11.1. The molecule has 100 valence electrons. The number of rotatable bonds is 3. The first-order valence-corrected chi connectivity index (χ1v) is 7.42. The van der Waals surface area contributed by atoms with Crippen molar-refractivity contribution in [2.45, 2.75) is 19.5 Å². The van der Waals surface area contributed by atoms with E-state index in [1.54, 1.807) is 0 Å². The molecule has 0 aromatic carbocycles. The van der Waals surface area contributed by atoms with Gasteiger partial charge in [-0.15, -0.1) is 0 Å². The Balaban J connectivity index is 1.66. The van der Waals surface area contributed by atoms with Crippen LogP contribution in [-0.2, 0) is 0 Å². The van der Waals surface area contributed by atoms with Crippen LogP contribution in [0.25, 0.3) is 0 Å². The van der Waals surface area contributed by atoms with Gasteiger partial charge in [0.1, 0.15) is 0 Å². The van der Waals surface area contributed by atoms with E-state index in [-0.39, 0.29) is 0 Å². The van der Waals surface area contributed by atoms with Crippen molar-refractivity contribution < 1.29 is 0 Å². The second-order valence-corrected chi connectivity index (χ2v) is 5.77. The average Bonchev–Trinajstić information content (AvgIpc) is 2.83. The van der Waals surface area contributed by atoms with Crippen molar-refractivity contribution in [2.75, 3.05) is 39.3 Å². The first-order valence-electron chi connectivity index (χ1n) is 7.42. The highest BCUT2D eigenvalue weighted by Crippen LogP contribution is 2.30. The van der Waals surface area contributed by atoms with Crippen LogP contribution in [-0.4, -0.2) is 55.2 Å². The van der Waals surface area contributed by atoms with Gasteiger partial charge in [0.15, 0.2) is 0 Å². The molecule has 3 rings (SSSR count). The minimum atomic E-state index is 0.617. The van der Waals surface area contributed by atoms with Gasteiger partial charge in [0.2, 0.25) is 0 Å². The fourth-order valence-corrected chi connectivity index (χ4v) is 3.59. The van der Waals surface area contributed by atoms with Crippen LogP contribution in [0.2, 0.25) is 0 Å². The number of likely N-dealkylation sites (tertiary alicyclic amines) is 1. The van der Waals surface area contributed by atoms with E-state index in [2.05, 4.69) is 46.3 Å². The largest absolute Gasteiger partial charge is 0.313 e. The lowest BCUT2D eigenvalue weighted by atomic mass is 9.92. The van der Waals surface area contributed by atoms with Crippen molar-refractivity contribution in [3.05, 3.63) is 24.3 Å². The minimum absolute atomic E-state index is 0.617. The summed E-state index contributed by atoms with van der Waals surface area (Å²) in [5, 5.41) is 3.56. The number of fused-ring (bicyclic) bond motifs is 1. The predicted octanol–water partition coefficient (Wildman–Crippen LogP) is 1.30. The van der Waals surface area contributed by atoms with Crippen LogP contribution in [0.1, 0.15) is 13.3 Å². The van der Waals surface area contributed by atoms with Crippen LogP contribution in [0.15, 0.2) is 24.3 Å². The van der Waals surface area contributed by atoms with Crippen molar-refractivity contribution in [2.24, 2.45) is 11.8 Å². The maximum Gasteiger partial charge on any atom is 0.0751 e. The normalized spacial score (nSPS) is 37.1. The molecule has 0 bridgehead atoms. The topological polar surface area (TPSA) is 18.5 Å². The molecular formula is C15H25N3. The van der Waals surface area contributed by atoms with Crippen molar-refractivity contribution >= 4 is 0 Å². The molecule has 0 saturated carbocycles. The minimum Gasteiger partial charge on any atom is -0.313 e. The fraction of sp³-hybridized carbons (Fsp3) is 0.733. The van der Waals surface area contributed by atoms with E-state index in [0.29, 0.717) is 6.17 Å². The molecule has 1 N–H and O–H groups in total. The van der Waals surface area contributed by atoms with Crippen LogP contribution < -0.4 is 5.32 Å². The van der Waals surface area contributed by atoms with Crippen LogP contribution in [0, 0.1) is 11.8 Å². The summed E-state index contributed by atoms with van der Waals surface area (Å²) < 4.78 is 0. The zero-order chi connectivity index (χ0) is 12.4. The van der Waals surface area contributed by atoms with Gasteiger partial charge >= 0.3 is 0 Å². The molecule has 0 amide bonds. The summed E-state index contributed by atoms with van der Waals surface area (Å²) >= 11 is 0. The molecule has 3 atom stereocenters. The molecule has 2 heterocycles. The van der Waals surface area contributed by atoms with Gasteiger partial charge in [-0.1, -0.05) is 31.2 Å². The van der Waals surface area contributed by atoms with Gasteiger partial charge in [-0.25, -0.2) is 0 Å². The first kappa shape index (κ1) is 12.4. The molecule has 3 heteroatoms. The number of nitrogens with one attached hydrogen (secondary N) is 1. The summed E-state index contributed by atoms with van der Waals surface area (Å²) in [7, 11) is 0. The third-order valence-electron chi connectivity index (χ3n) is 4.52. The molecule has 2 fully saturated rings. The van der Waals surface area contributed by atoms with Gasteiger partial charge in [-0.3, -0.25) is 9.80 Å². The van der Waals surface area contributed by atoms with E-state index < -0.39 is 0 Å². The molecule has 1 aliphatic carbocycles. The zero-order valence-electron chi connectivity index (χ0n) is 11.4. The number of piperazine rings is 1. The van der Waals surface area contributed by atoms with Gasteiger partial charge in [0.05, 0.1) is 6.17 Å². The molecular weight excluding hydrogens is 222 g/mol. The van der Waals surface area contributed by atoms with E-state index >= 15 is 0 Å². The Labute approximate surface area is 111 Å². The Hall–Kier alpha value is -0.640. The number of hydrogen-bond acceptors (Lipinski definition) is 3. The van der Waals surface area contributed by atoms with Gasteiger partial charge in [-0.2, -0.15) is 0 Å². The molecule has 2 saturated heterocycles. The van der Waals surface area contributed by atoms with Crippen molar-refractivity contribution in [1.29, 1.82) is 0 Å². The molecule has 3 nitrogen and oxygen atoms in total. The molecule has 0 radical (unpaired) electrons. The fourth-order valence-electron chi connectivity index (χ4n) is 3.59. The third kappa shape index (κ3) is 2.40. The van der Waals surface area contributed by atoms with Gasteiger partial charge < -0.3 is 5.32 Å². The predicted molar refractivity (Wildman–Crippen MR) is 75.4 cm³/mol.